The van der Waals surface area contributed by atoms with E-state index in [0.29, 0.717) is 10.0 Å². The van der Waals surface area contributed by atoms with E-state index in [4.69, 9.17) is 4.74 Å². The molecule has 0 bridgehead atoms. The first-order valence-corrected chi connectivity index (χ1v) is 12.9. The second kappa shape index (κ2) is 11.5. The Morgan fingerprint density at radius 1 is 1.02 bits per heavy atom. The van der Waals surface area contributed by atoms with Crippen molar-refractivity contribution in [2.75, 3.05) is 0 Å². The zero-order valence-corrected chi connectivity index (χ0v) is 22.8. The van der Waals surface area contributed by atoms with E-state index >= 15 is 0 Å². The van der Waals surface area contributed by atoms with Gasteiger partial charge in [0.25, 0.3) is 5.56 Å². The fraction of sp³-hybridized carbons (Fsp3) is 0.0690. The summed E-state index contributed by atoms with van der Waals surface area (Å²) < 4.78 is 60.6. The summed E-state index contributed by atoms with van der Waals surface area (Å²) in [5, 5.41) is 16.2. The number of aromatic nitrogens is 2. The van der Waals surface area contributed by atoms with Crippen LogP contribution in [0.2, 0.25) is 0 Å². The highest BCUT2D eigenvalue weighted by Gasteiger charge is 2.31. The summed E-state index contributed by atoms with van der Waals surface area (Å²) in [7, 11) is 0. The number of hydrogen-bond acceptors (Lipinski definition) is 6. The molecule has 0 aliphatic rings. The Kier molecular flexibility index (Phi) is 7.85. The molecule has 0 amide bonds. The molecular formula is C29H17BrF4N4O4. The summed E-state index contributed by atoms with van der Waals surface area (Å²) in [4.78, 5) is 29.1. The minimum atomic E-state index is -4.65. The van der Waals surface area contributed by atoms with E-state index in [1.165, 1.54) is 54.6 Å². The number of nitro benzene ring substituents is 1. The van der Waals surface area contributed by atoms with Crippen LogP contribution in [0.25, 0.3) is 22.3 Å². The highest BCUT2D eigenvalue weighted by molar-refractivity contribution is 9.10. The number of halogens is 5. The summed E-state index contributed by atoms with van der Waals surface area (Å²) in [6.45, 7) is -0.156. The fourth-order valence-corrected chi connectivity index (χ4v) is 4.56. The maximum absolute atomic E-state index is 13.5. The molecule has 0 saturated heterocycles. The Balaban J connectivity index is 1.66. The highest BCUT2D eigenvalue weighted by Crippen LogP contribution is 2.35. The zero-order valence-electron chi connectivity index (χ0n) is 21.2. The average molecular weight is 641 g/mol. The summed E-state index contributed by atoms with van der Waals surface area (Å²) >= 11 is 3.22. The van der Waals surface area contributed by atoms with E-state index in [0.717, 1.165) is 23.0 Å². The molecule has 0 saturated carbocycles. The molecule has 1 aromatic heterocycles. The maximum Gasteiger partial charge on any atom is 0.416 e. The second-order valence-electron chi connectivity index (χ2n) is 8.91. The molecular weight excluding hydrogens is 624 g/mol. The van der Waals surface area contributed by atoms with Gasteiger partial charge in [0.05, 0.1) is 27.6 Å². The van der Waals surface area contributed by atoms with Gasteiger partial charge in [-0.05, 0) is 48.0 Å². The molecule has 212 valence electrons. The van der Waals surface area contributed by atoms with Crippen molar-refractivity contribution >= 4 is 38.7 Å². The SMILES string of the molecule is O=c1c2ccccc2nc(-c2cccc(C(F)(F)F)c2)n1N=Cc1cc(Br)cc([N+](=O)[O-])c1OCc1ccc(F)cc1. The van der Waals surface area contributed by atoms with E-state index in [1.807, 2.05) is 0 Å². The van der Waals surface area contributed by atoms with Gasteiger partial charge in [0.15, 0.2) is 5.82 Å². The lowest BCUT2D eigenvalue weighted by Gasteiger charge is -2.13. The molecule has 13 heteroatoms. The smallest absolute Gasteiger partial charge is 0.416 e. The van der Waals surface area contributed by atoms with Crippen LogP contribution in [-0.2, 0) is 12.8 Å². The Morgan fingerprint density at radius 2 is 1.76 bits per heavy atom. The molecule has 0 atom stereocenters. The molecule has 0 radical (unpaired) electrons. The van der Waals surface area contributed by atoms with Crippen molar-refractivity contribution in [2.24, 2.45) is 5.10 Å². The fourth-order valence-electron chi connectivity index (χ4n) is 4.10. The van der Waals surface area contributed by atoms with E-state index in [2.05, 4.69) is 26.0 Å². The van der Waals surface area contributed by atoms with E-state index in [9.17, 15) is 32.5 Å². The minimum absolute atomic E-state index is 0.0298. The van der Waals surface area contributed by atoms with Crippen molar-refractivity contribution in [3.05, 3.63) is 132 Å². The molecule has 0 aliphatic carbocycles. The predicted molar refractivity (Wildman–Crippen MR) is 151 cm³/mol. The number of nitro groups is 1. The van der Waals surface area contributed by atoms with Crippen molar-refractivity contribution in [1.29, 1.82) is 0 Å². The molecule has 1 heterocycles. The van der Waals surface area contributed by atoms with Gasteiger partial charge in [0.1, 0.15) is 12.4 Å². The van der Waals surface area contributed by atoms with Crippen LogP contribution in [0.5, 0.6) is 5.75 Å². The summed E-state index contributed by atoms with van der Waals surface area (Å²) in [5.41, 5.74) is -1.23. The van der Waals surface area contributed by atoms with Crippen LogP contribution in [0.3, 0.4) is 0 Å². The summed E-state index contributed by atoms with van der Waals surface area (Å²) in [6.07, 6.45) is -3.53. The second-order valence-corrected chi connectivity index (χ2v) is 9.82. The Hall–Kier alpha value is -4.91. The van der Waals surface area contributed by atoms with Crippen molar-refractivity contribution in [3.63, 3.8) is 0 Å². The molecule has 0 spiro atoms. The average Bonchev–Trinajstić information content (AvgIpc) is 2.96. The zero-order chi connectivity index (χ0) is 30.0. The maximum atomic E-state index is 13.5. The van der Waals surface area contributed by atoms with Gasteiger partial charge in [0.2, 0.25) is 5.75 Å². The van der Waals surface area contributed by atoms with Crippen LogP contribution in [0, 0.1) is 15.9 Å². The van der Waals surface area contributed by atoms with Crippen molar-refractivity contribution in [2.45, 2.75) is 12.8 Å². The Bertz CT molecular complexity index is 1910. The normalized spacial score (nSPS) is 11.7. The predicted octanol–water partition coefficient (Wildman–Crippen LogP) is 7.35. The van der Waals surface area contributed by atoms with Crippen molar-refractivity contribution in [1.82, 2.24) is 9.66 Å². The number of hydrogen-bond donors (Lipinski definition) is 0. The quantitative estimate of drug-likeness (QED) is 0.0801. The molecule has 5 aromatic rings. The van der Waals surface area contributed by atoms with Crippen LogP contribution >= 0.6 is 15.9 Å². The molecule has 4 aromatic carbocycles. The lowest BCUT2D eigenvalue weighted by Crippen LogP contribution is -2.20. The van der Waals surface area contributed by atoms with Crippen LogP contribution < -0.4 is 10.3 Å². The van der Waals surface area contributed by atoms with Crippen molar-refractivity contribution in [3.8, 4) is 17.1 Å². The number of alkyl halides is 3. The lowest BCUT2D eigenvalue weighted by molar-refractivity contribution is -0.386. The molecule has 0 N–H and O–H groups in total. The van der Waals surface area contributed by atoms with Crippen molar-refractivity contribution < 1.29 is 27.2 Å². The third-order valence-corrected chi connectivity index (χ3v) is 6.53. The first kappa shape index (κ1) is 28.6. The monoisotopic (exact) mass is 640 g/mol. The molecule has 8 nitrogen and oxygen atoms in total. The van der Waals surface area contributed by atoms with Gasteiger partial charge in [-0.1, -0.05) is 52.3 Å². The molecule has 0 fully saturated rings. The molecule has 0 unspecified atom stereocenters. The summed E-state index contributed by atoms with van der Waals surface area (Å²) in [6, 6.07) is 18.6. The Morgan fingerprint density at radius 3 is 2.48 bits per heavy atom. The van der Waals surface area contributed by atoms with Crippen LogP contribution in [0.4, 0.5) is 23.2 Å². The number of rotatable bonds is 7. The number of benzene rings is 4. The van der Waals surface area contributed by atoms with Gasteiger partial charge in [-0.25, -0.2) is 9.37 Å². The topological polar surface area (TPSA) is 99.6 Å². The van der Waals surface area contributed by atoms with Gasteiger partial charge in [-0.2, -0.15) is 22.9 Å². The molecule has 42 heavy (non-hydrogen) atoms. The van der Waals surface area contributed by atoms with Gasteiger partial charge in [-0.3, -0.25) is 14.9 Å². The third-order valence-electron chi connectivity index (χ3n) is 6.07. The third kappa shape index (κ3) is 6.05. The van der Waals surface area contributed by atoms with E-state index < -0.39 is 33.7 Å². The van der Waals surface area contributed by atoms with Gasteiger partial charge in [-0.15, -0.1) is 0 Å². The molecule has 5 rings (SSSR count). The van der Waals surface area contributed by atoms with E-state index in [1.54, 1.807) is 18.2 Å². The van der Waals surface area contributed by atoms with Gasteiger partial charge in [0, 0.05) is 21.7 Å². The van der Waals surface area contributed by atoms with E-state index in [-0.39, 0.29) is 40.2 Å². The number of fused-ring (bicyclic) bond motifs is 1. The first-order chi connectivity index (χ1) is 20.0. The lowest BCUT2D eigenvalue weighted by atomic mass is 10.1. The Labute approximate surface area is 242 Å². The largest absolute Gasteiger partial charge is 0.481 e. The standard InChI is InChI=1S/C29H17BrF4N4O4/c30-21-13-19(26(25(14-21)38(40)41)42-16-17-8-10-22(31)11-9-17)15-35-37-27(18-4-3-5-20(12-18)29(32,33)34)36-24-7-2-1-6-23(24)28(37)39/h1-15H,16H2. The number of nitrogens with zero attached hydrogens (tertiary/aromatic N) is 4. The van der Waals surface area contributed by atoms with Crippen LogP contribution in [0.15, 0.2) is 99.3 Å². The number of para-hydroxylation sites is 1. The summed E-state index contributed by atoms with van der Waals surface area (Å²) in [5.74, 6) is -0.842. The van der Waals surface area contributed by atoms with Gasteiger partial charge < -0.3 is 4.74 Å². The minimum Gasteiger partial charge on any atom is -0.481 e. The van der Waals surface area contributed by atoms with Gasteiger partial charge >= 0.3 is 11.9 Å². The molecule has 0 aliphatic heterocycles. The van der Waals surface area contributed by atoms with Crippen LogP contribution in [0.1, 0.15) is 16.7 Å². The first-order valence-electron chi connectivity index (χ1n) is 12.1. The number of ether oxygens (including phenoxy) is 1. The van der Waals surface area contributed by atoms with Crippen LogP contribution in [-0.4, -0.2) is 20.8 Å². The highest BCUT2D eigenvalue weighted by atomic mass is 79.9.